The zero-order valence-corrected chi connectivity index (χ0v) is 13.1. The van der Waals surface area contributed by atoms with E-state index in [-0.39, 0.29) is 5.82 Å². The minimum atomic E-state index is -0.208. The first kappa shape index (κ1) is 14.8. The predicted molar refractivity (Wildman–Crippen MR) is 86.2 cm³/mol. The molecule has 0 aliphatic carbocycles. The summed E-state index contributed by atoms with van der Waals surface area (Å²) in [5, 5.41) is 9.33. The predicted octanol–water partition coefficient (Wildman–Crippen LogP) is 3.84. The lowest BCUT2D eigenvalue weighted by atomic mass is 10.1. The summed E-state index contributed by atoms with van der Waals surface area (Å²) >= 11 is 1.56. The van der Waals surface area contributed by atoms with Crippen molar-refractivity contribution >= 4 is 11.8 Å². The summed E-state index contributed by atoms with van der Waals surface area (Å²) in [7, 11) is 1.96. The van der Waals surface area contributed by atoms with Gasteiger partial charge in [0.1, 0.15) is 11.6 Å². The molecule has 0 N–H and O–H groups in total. The Bertz CT molecular complexity index is 756. The van der Waals surface area contributed by atoms with Gasteiger partial charge in [0, 0.05) is 19.2 Å². The summed E-state index contributed by atoms with van der Waals surface area (Å²) in [5.74, 6) is 1.39. The fraction of sp³-hybridized carbons (Fsp3) is 0.176. The maximum Gasteiger partial charge on any atom is 0.191 e. The second kappa shape index (κ2) is 6.75. The quantitative estimate of drug-likeness (QED) is 0.671. The van der Waals surface area contributed by atoms with E-state index >= 15 is 0 Å². The van der Waals surface area contributed by atoms with Crippen LogP contribution >= 0.6 is 11.8 Å². The molecule has 0 aliphatic heterocycles. The molecule has 0 spiro atoms. The Labute approximate surface area is 133 Å². The van der Waals surface area contributed by atoms with Crippen molar-refractivity contribution in [3.05, 3.63) is 77.4 Å². The molecule has 0 aliphatic rings. The normalized spacial score (nSPS) is 10.8. The molecule has 112 valence electrons. The summed E-state index contributed by atoms with van der Waals surface area (Å²) in [5.41, 5.74) is 2.15. The first-order valence-corrected chi connectivity index (χ1v) is 8.00. The third-order valence-electron chi connectivity index (χ3n) is 3.39. The highest BCUT2D eigenvalue weighted by Gasteiger charge is 2.10. The van der Waals surface area contributed by atoms with Crippen LogP contribution in [0.1, 0.15) is 17.0 Å². The molecule has 1 aromatic heterocycles. The molecular formula is C17H16FN3S. The second-order valence-corrected chi connectivity index (χ2v) is 5.98. The summed E-state index contributed by atoms with van der Waals surface area (Å²) in [6, 6.07) is 16.8. The Morgan fingerprint density at radius 2 is 1.77 bits per heavy atom. The van der Waals surface area contributed by atoms with Gasteiger partial charge < -0.3 is 4.57 Å². The van der Waals surface area contributed by atoms with Gasteiger partial charge >= 0.3 is 0 Å². The molecule has 22 heavy (non-hydrogen) atoms. The van der Waals surface area contributed by atoms with Gasteiger partial charge in [-0.2, -0.15) is 0 Å². The van der Waals surface area contributed by atoms with E-state index in [1.165, 1.54) is 11.6 Å². The van der Waals surface area contributed by atoms with Crippen molar-refractivity contribution in [2.75, 3.05) is 0 Å². The maximum absolute atomic E-state index is 13.2. The molecule has 0 bridgehead atoms. The number of rotatable bonds is 5. The second-order valence-electron chi connectivity index (χ2n) is 5.04. The van der Waals surface area contributed by atoms with Gasteiger partial charge in [-0.05, 0) is 23.3 Å². The summed E-state index contributed by atoms with van der Waals surface area (Å²) in [4.78, 5) is 0. The molecular weight excluding hydrogens is 297 g/mol. The van der Waals surface area contributed by atoms with E-state index in [0.717, 1.165) is 23.0 Å². The third-order valence-corrected chi connectivity index (χ3v) is 4.48. The number of benzene rings is 2. The van der Waals surface area contributed by atoms with Crippen molar-refractivity contribution in [1.82, 2.24) is 14.8 Å². The standard InChI is InChI=1S/C17H16FN3S/c1-21-16(11-13-6-3-2-4-7-13)19-20-17(21)22-12-14-8-5-9-15(18)10-14/h2-10H,11-12H2,1H3. The largest absolute Gasteiger partial charge is 0.309 e. The van der Waals surface area contributed by atoms with Gasteiger partial charge in [-0.15, -0.1) is 10.2 Å². The molecule has 0 saturated carbocycles. The molecule has 0 unspecified atom stereocenters. The zero-order valence-electron chi connectivity index (χ0n) is 12.2. The lowest BCUT2D eigenvalue weighted by Gasteiger charge is -2.04. The third kappa shape index (κ3) is 3.54. The van der Waals surface area contributed by atoms with Crippen molar-refractivity contribution in [3.8, 4) is 0 Å². The van der Waals surface area contributed by atoms with E-state index in [2.05, 4.69) is 22.3 Å². The van der Waals surface area contributed by atoms with Crippen LogP contribution in [0, 0.1) is 5.82 Å². The molecule has 0 radical (unpaired) electrons. The van der Waals surface area contributed by atoms with Crippen molar-refractivity contribution < 1.29 is 4.39 Å². The Kier molecular flexibility index (Phi) is 4.53. The molecule has 3 rings (SSSR count). The Hall–Kier alpha value is -2.14. The number of aromatic nitrogens is 3. The molecule has 0 atom stereocenters. The lowest BCUT2D eigenvalue weighted by molar-refractivity contribution is 0.626. The zero-order chi connectivity index (χ0) is 15.4. The van der Waals surface area contributed by atoms with Gasteiger partial charge in [0.2, 0.25) is 0 Å². The number of halogens is 1. The fourth-order valence-electron chi connectivity index (χ4n) is 2.18. The van der Waals surface area contributed by atoms with E-state index in [1.807, 2.05) is 35.9 Å². The number of nitrogens with zero attached hydrogens (tertiary/aromatic N) is 3. The lowest BCUT2D eigenvalue weighted by Crippen LogP contribution is -2.00. The van der Waals surface area contributed by atoms with Gasteiger partial charge in [0.25, 0.3) is 0 Å². The molecule has 0 amide bonds. The van der Waals surface area contributed by atoms with Crippen molar-refractivity contribution in [2.45, 2.75) is 17.3 Å². The molecule has 3 nitrogen and oxygen atoms in total. The first-order valence-electron chi connectivity index (χ1n) is 7.02. The minimum absolute atomic E-state index is 0.208. The van der Waals surface area contributed by atoms with Gasteiger partial charge in [-0.25, -0.2) is 4.39 Å². The molecule has 3 aromatic rings. The van der Waals surface area contributed by atoms with Gasteiger partial charge in [-0.1, -0.05) is 54.2 Å². The Morgan fingerprint density at radius 1 is 1.00 bits per heavy atom. The van der Waals surface area contributed by atoms with Crippen LogP contribution in [0.3, 0.4) is 0 Å². The van der Waals surface area contributed by atoms with Crippen LogP contribution in [-0.2, 0) is 19.2 Å². The van der Waals surface area contributed by atoms with Crippen molar-refractivity contribution in [3.63, 3.8) is 0 Å². The summed E-state index contributed by atoms with van der Waals surface area (Å²) in [6.45, 7) is 0. The number of hydrogen-bond acceptors (Lipinski definition) is 3. The van der Waals surface area contributed by atoms with Crippen LogP contribution in [0.15, 0.2) is 59.8 Å². The monoisotopic (exact) mass is 313 g/mol. The average Bonchev–Trinajstić information content (AvgIpc) is 2.87. The van der Waals surface area contributed by atoms with Gasteiger partial charge in [0.05, 0.1) is 0 Å². The minimum Gasteiger partial charge on any atom is -0.309 e. The Morgan fingerprint density at radius 3 is 2.55 bits per heavy atom. The first-order chi connectivity index (χ1) is 10.7. The van der Waals surface area contributed by atoms with E-state index in [1.54, 1.807) is 23.9 Å². The SMILES string of the molecule is Cn1c(Cc2ccccc2)nnc1SCc1cccc(F)c1. The number of hydrogen-bond donors (Lipinski definition) is 0. The smallest absolute Gasteiger partial charge is 0.191 e. The van der Waals surface area contributed by atoms with Crippen LogP contribution in [0.5, 0.6) is 0 Å². The molecule has 2 aromatic carbocycles. The van der Waals surface area contributed by atoms with Crippen LogP contribution in [-0.4, -0.2) is 14.8 Å². The van der Waals surface area contributed by atoms with E-state index in [9.17, 15) is 4.39 Å². The van der Waals surface area contributed by atoms with Gasteiger partial charge in [-0.3, -0.25) is 0 Å². The number of thioether (sulfide) groups is 1. The molecule has 1 heterocycles. The van der Waals surface area contributed by atoms with E-state index in [0.29, 0.717) is 5.75 Å². The highest BCUT2D eigenvalue weighted by atomic mass is 32.2. The van der Waals surface area contributed by atoms with Gasteiger partial charge in [0.15, 0.2) is 5.16 Å². The van der Waals surface area contributed by atoms with Crippen molar-refractivity contribution in [1.29, 1.82) is 0 Å². The highest BCUT2D eigenvalue weighted by Crippen LogP contribution is 2.22. The topological polar surface area (TPSA) is 30.7 Å². The fourth-order valence-corrected chi connectivity index (χ4v) is 3.05. The summed E-state index contributed by atoms with van der Waals surface area (Å²) in [6.07, 6.45) is 0.755. The Balaban J connectivity index is 1.68. The van der Waals surface area contributed by atoms with E-state index in [4.69, 9.17) is 0 Å². The van der Waals surface area contributed by atoms with Crippen LogP contribution in [0.2, 0.25) is 0 Å². The maximum atomic E-state index is 13.2. The molecule has 0 saturated heterocycles. The molecule has 5 heteroatoms. The van der Waals surface area contributed by atoms with E-state index < -0.39 is 0 Å². The summed E-state index contributed by atoms with van der Waals surface area (Å²) < 4.78 is 15.2. The average molecular weight is 313 g/mol. The highest BCUT2D eigenvalue weighted by molar-refractivity contribution is 7.98. The van der Waals surface area contributed by atoms with Crippen molar-refractivity contribution in [2.24, 2.45) is 7.05 Å². The van der Waals surface area contributed by atoms with Crippen LogP contribution in [0.25, 0.3) is 0 Å². The van der Waals surface area contributed by atoms with Crippen LogP contribution in [0.4, 0.5) is 4.39 Å². The van der Waals surface area contributed by atoms with Crippen LogP contribution < -0.4 is 0 Å². The molecule has 0 fully saturated rings.